The average Bonchev–Trinajstić information content (AvgIpc) is 3.55. The normalized spacial score (nSPS) is 16.6. The Bertz CT molecular complexity index is 2000. The van der Waals surface area contributed by atoms with Gasteiger partial charge in [0.15, 0.2) is 5.82 Å². The third kappa shape index (κ3) is 6.25. The van der Waals surface area contributed by atoms with Crippen LogP contribution in [-0.4, -0.2) is 89.0 Å². The molecule has 12 nitrogen and oxygen atoms in total. The zero-order chi connectivity index (χ0) is 32.5. The smallest absolute Gasteiger partial charge is 0.323 e. The lowest BCUT2D eigenvalue weighted by Crippen LogP contribution is -2.43. The third-order valence-corrected chi connectivity index (χ3v) is 11.2. The van der Waals surface area contributed by atoms with E-state index in [9.17, 15) is 13.2 Å². The summed E-state index contributed by atoms with van der Waals surface area (Å²) in [5.41, 5.74) is 3.32. The zero-order valence-corrected chi connectivity index (χ0v) is 27.3. The Hall–Kier alpha value is -4.59. The molecule has 2 aliphatic heterocycles. The number of fused-ring (bicyclic) bond motifs is 3. The number of carbonyl (C=O) groups is 1. The number of morpholine rings is 1. The first-order valence-electron chi connectivity index (χ1n) is 16.0. The summed E-state index contributed by atoms with van der Waals surface area (Å²) in [4.78, 5) is 31.0. The number of ether oxygens (including phenoxy) is 1. The topological polar surface area (TPSA) is 135 Å². The van der Waals surface area contributed by atoms with Crippen molar-refractivity contribution in [1.82, 2.24) is 23.8 Å². The van der Waals surface area contributed by atoms with E-state index in [1.54, 1.807) is 42.9 Å². The van der Waals surface area contributed by atoms with E-state index in [-0.39, 0.29) is 6.03 Å². The Morgan fingerprint density at radius 3 is 2.21 bits per heavy atom. The molecular formula is C34H38N8O4S. The number of nitrogens with zero attached hydrogens (tertiary/aromatic N) is 6. The standard InChI is InChI=1S/C34H38N8O4S/c1-23(2)40-16-11-27(12-17-40)47(44,45)42-18-13-28-30(42)8-7-29-31(28)38-32(39-33(29)41-19-21-46-22-20-41)24-3-5-25(6-4-24)36-34(43)37-26-9-14-35-15-10-26/h3-10,13-15,18,23,27H,11-12,16-17,19-22H2,1-2H3,(H2,35,36,37,43). The van der Waals surface area contributed by atoms with Crippen LogP contribution in [0, 0.1) is 0 Å². The number of pyridine rings is 1. The molecule has 2 aromatic carbocycles. The average molecular weight is 655 g/mol. The second-order valence-electron chi connectivity index (χ2n) is 12.2. The molecule has 244 valence electrons. The van der Waals surface area contributed by atoms with Gasteiger partial charge in [-0.15, -0.1) is 0 Å². The van der Waals surface area contributed by atoms with Crippen LogP contribution in [-0.2, 0) is 14.8 Å². The van der Waals surface area contributed by atoms with Crippen molar-refractivity contribution in [2.24, 2.45) is 0 Å². The van der Waals surface area contributed by atoms with Gasteiger partial charge in [-0.1, -0.05) is 0 Å². The van der Waals surface area contributed by atoms with E-state index >= 15 is 0 Å². The predicted octanol–water partition coefficient (Wildman–Crippen LogP) is 5.18. The summed E-state index contributed by atoms with van der Waals surface area (Å²) in [7, 11) is -3.61. The first-order chi connectivity index (χ1) is 22.8. The molecule has 13 heteroatoms. The van der Waals surface area contributed by atoms with Crippen molar-refractivity contribution in [3.8, 4) is 11.4 Å². The first-order valence-corrected chi connectivity index (χ1v) is 17.5. The molecular weight excluding hydrogens is 616 g/mol. The minimum absolute atomic E-state index is 0.368. The van der Waals surface area contributed by atoms with Crippen LogP contribution in [0.4, 0.5) is 22.0 Å². The summed E-state index contributed by atoms with van der Waals surface area (Å²) in [6.45, 7) is 8.39. The number of hydrogen-bond donors (Lipinski definition) is 2. The monoisotopic (exact) mass is 654 g/mol. The molecule has 2 amide bonds. The number of piperidine rings is 1. The van der Waals surface area contributed by atoms with Gasteiger partial charge in [0.05, 0.1) is 29.5 Å². The van der Waals surface area contributed by atoms with Crippen LogP contribution in [0.5, 0.6) is 0 Å². The number of carbonyl (C=O) groups excluding carboxylic acids is 1. The minimum Gasteiger partial charge on any atom is -0.378 e. The van der Waals surface area contributed by atoms with Gasteiger partial charge in [-0.25, -0.2) is 27.2 Å². The molecule has 0 bridgehead atoms. The summed E-state index contributed by atoms with van der Waals surface area (Å²) in [5, 5.41) is 6.80. The lowest BCUT2D eigenvalue weighted by Gasteiger charge is -2.34. The van der Waals surface area contributed by atoms with Crippen molar-refractivity contribution in [3.63, 3.8) is 0 Å². The molecule has 5 heterocycles. The van der Waals surface area contributed by atoms with Crippen LogP contribution >= 0.6 is 0 Å². The lowest BCUT2D eigenvalue weighted by molar-refractivity contribution is 0.122. The summed E-state index contributed by atoms with van der Waals surface area (Å²) < 4.78 is 34.9. The molecule has 2 aliphatic rings. The van der Waals surface area contributed by atoms with Crippen molar-refractivity contribution in [1.29, 1.82) is 0 Å². The number of aromatic nitrogens is 4. The Labute approximate surface area is 273 Å². The molecule has 47 heavy (non-hydrogen) atoms. The molecule has 3 aromatic heterocycles. The quantitative estimate of drug-likeness (QED) is 0.244. The fourth-order valence-electron chi connectivity index (χ4n) is 6.42. The summed E-state index contributed by atoms with van der Waals surface area (Å²) in [6, 6.07) is 16.5. The highest BCUT2D eigenvalue weighted by Crippen LogP contribution is 2.35. The SMILES string of the molecule is CC(C)N1CCC(S(=O)(=O)n2ccc3c4nc(-c5ccc(NC(=O)Nc6ccncc6)cc5)nc(N5CCOCC5)c4ccc32)CC1. The molecule has 0 atom stereocenters. The minimum atomic E-state index is -3.61. The van der Waals surface area contributed by atoms with Crippen LogP contribution in [0.25, 0.3) is 33.2 Å². The maximum Gasteiger partial charge on any atom is 0.323 e. The van der Waals surface area contributed by atoms with Gasteiger partial charge in [-0.3, -0.25) is 4.98 Å². The fourth-order valence-corrected chi connectivity index (χ4v) is 8.21. The van der Waals surface area contributed by atoms with E-state index in [0.717, 1.165) is 35.2 Å². The van der Waals surface area contributed by atoms with E-state index in [1.165, 1.54) is 3.97 Å². The Morgan fingerprint density at radius 1 is 0.851 bits per heavy atom. The molecule has 5 aromatic rings. The number of nitrogens with one attached hydrogen (secondary N) is 2. The number of hydrogen-bond acceptors (Lipinski definition) is 9. The molecule has 0 aliphatic carbocycles. The van der Waals surface area contributed by atoms with Crippen molar-refractivity contribution in [3.05, 3.63) is 73.2 Å². The summed E-state index contributed by atoms with van der Waals surface area (Å²) in [6.07, 6.45) is 6.10. The Morgan fingerprint density at radius 2 is 1.53 bits per heavy atom. The molecule has 0 saturated carbocycles. The van der Waals surface area contributed by atoms with Crippen LogP contribution in [0.1, 0.15) is 26.7 Å². The Balaban J connectivity index is 1.23. The van der Waals surface area contributed by atoms with Gasteiger partial charge >= 0.3 is 6.03 Å². The summed E-state index contributed by atoms with van der Waals surface area (Å²) >= 11 is 0. The molecule has 2 fully saturated rings. The van der Waals surface area contributed by atoms with Crippen molar-refractivity contribution in [2.45, 2.75) is 38.0 Å². The molecule has 7 rings (SSSR count). The van der Waals surface area contributed by atoms with E-state index in [0.29, 0.717) is 73.4 Å². The van der Waals surface area contributed by atoms with E-state index in [4.69, 9.17) is 14.7 Å². The number of likely N-dealkylation sites (tertiary alicyclic amines) is 1. The second-order valence-corrected chi connectivity index (χ2v) is 14.3. The molecule has 2 saturated heterocycles. The van der Waals surface area contributed by atoms with E-state index in [2.05, 4.69) is 39.3 Å². The van der Waals surface area contributed by atoms with Crippen LogP contribution in [0.3, 0.4) is 0 Å². The maximum absolute atomic E-state index is 13.9. The van der Waals surface area contributed by atoms with Crippen LogP contribution in [0.2, 0.25) is 0 Å². The molecule has 0 spiro atoms. The highest BCUT2D eigenvalue weighted by molar-refractivity contribution is 7.90. The van der Waals surface area contributed by atoms with Crippen LogP contribution < -0.4 is 15.5 Å². The zero-order valence-electron chi connectivity index (χ0n) is 26.5. The highest BCUT2D eigenvalue weighted by Gasteiger charge is 2.33. The largest absolute Gasteiger partial charge is 0.378 e. The molecule has 0 radical (unpaired) electrons. The maximum atomic E-state index is 13.9. The van der Waals surface area contributed by atoms with Gasteiger partial charge in [0.2, 0.25) is 10.0 Å². The predicted molar refractivity (Wildman–Crippen MR) is 184 cm³/mol. The Kier molecular flexibility index (Phi) is 8.52. The number of anilines is 3. The second kappa shape index (κ2) is 12.9. The molecule has 2 N–H and O–H groups in total. The third-order valence-electron chi connectivity index (χ3n) is 9.03. The van der Waals surface area contributed by atoms with Crippen molar-refractivity contribution < 1.29 is 17.9 Å². The lowest BCUT2D eigenvalue weighted by atomic mass is 10.1. The number of rotatable bonds is 7. The first kappa shape index (κ1) is 31.0. The fraction of sp³-hybridized carbons (Fsp3) is 0.353. The van der Waals surface area contributed by atoms with Gasteiger partial charge in [0, 0.05) is 65.4 Å². The highest BCUT2D eigenvalue weighted by atomic mass is 32.2. The number of benzene rings is 2. The summed E-state index contributed by atoms with van der Waals surface area (Å²) in [5.74, 6) is 1.29. The van der Waals surface area contributed by atoms with Crippen LogP contribution in [0.15, 0.2) is 73.2 Å². The number of amides is 2. The van der Waals surface area contributed by atoms with E-state index < -0.39 is 15.3 Å². The van der Waals surface area contributed by atoms with Crippen molar-refractivity contribution >= 4 is 55.1 Å². The van der Waals surface area contributed by atoms with Crippen molar-refractivity contribution in [2.75, 3.05) is 54.9 Å². The van der Waals surface area contributed by atoms with E-state index in [1.807, 2.05) is 30.3 Å². The molecule has 0 unspecified atom stereocenters. The van der Waals surface area contributed by atoms with Gasteiger partial charge in [0.25, 0.3) is 0 Å². The number of urea groups is 1. The van der Waals surface area contributed by atoms with Gasteiger partial charge in [-0.05, 0) is 94.4 Å². The van der Waals surface area contributed by atoms with Gasteiger partial charge in [0.1, 0.15) is 5.82 Å². The van der Waals surface area contributed by atoms with Gasteiger partial charge < -0.3 is 25.2 Å². The van der Waals surface area contributed by atoms with Gasteiger partial charge in [-0.2, -0.15) is 0 Å².